The molecule has 3 N–H and O–H groups in total. The third kappa shape index (κ3) is 2.35. The van der Waals surface area contributed by atoms with E-state index in [-0.39, 0.29) is 11.8 Å². The third-order valence-corrected chi connectivity index (χ3v) is 3.21. The highest BCUT2D eigenvalue weighted by Crippen LogP contribution is 2.37. The third-order valence-electron chi connectivity index (χ3n) is 3.21. The Kier molecular flexibility index (Phi) is 2.86. The maximum absolute atomic E-state index is 11.9. The predicted octanol–water partition coefficient (Wildman–Crippen LogP) is 2.56. The van der Waals surface area contributed by atoms with E-state index in [4.69, 9.17) is 5.73 Å². The second kappa shape index (κ2) is 4.16. The zero-order chi connectivity index (χ0) is 11.7. The van der Waals surface area contributed by atoms with Gasteiger partial charge in [-0.2, -0.15) is 0 Å². The fraction of sp³-hybridized carbons (Fsp3) is 0.462. The number of carbonyl (C=O) groups excluding carboxylic acids is 1. The lowest BCUT2D eigenvalue weighted by atomic mass is 10.1. The van der Waals surface area contributed by atoms with Gasteiger partial charge in [0.1, 0.15) is 0 Å². The summed E-state index contributed by atoms with van der Waals surface area (Å²) in [5.41, 5.74) is 8.31. The van der Waals surface area contributed by atoms with Gasteiger partial charge in [-0.15, -0.1) is 0 Å². The minimum absolute atomic E-state index is 0.0815. The van der Waals surface area contributed by atoms with Crippen LogP contribution in [0.4, 0.5) is 11.4 Å². The molecular weight excluding hydrogens is 200 g/mol. The summed E-state index contributed by atoms with van der Waals surface area (Å²) in [7, 11) is 0. The molecule has 86 valence electrons. The fourth-order valence-electron chi connectivity index (χ4n) is 1.85. The van der Waals surface area contributed by atoms with E-state index in [1.165, 1.54) is 12.8 Å². The summed E-state index contributed by atoms with van der Waals surface area (Å²) in [6.07, 6.45) is 2.36. The van der Waals surface area contributed by atoms with Crippen molar-refractivity contribution in [2.45, 2.75) is 26.7 Å². The van der Waals surface area contributed by atoms with E-state index in [1.807, 2.05) is 32.0 Å². The summed E-state index contributed by atoms with van der Waals surface area (Å²) in [4.78, 5) is 11.9. The molecule has 0 aliphatic heterocycles. The molecule has 16 heavy (non-hydrogen) atoms. The molecule has 1 unspecified atom stereocenters. The van der Waals surface area contributed by atoms with Crippen LogP contribution in [-0.4, -0.2) is 5.91 Å². The Bertz CT molecular complexity index is 410. The van der Waals surface area contributed by atoms with E-state index in [2.05, 4.69) is 5.32 Å². The molecule has 1 aliphatic carbocycles. The van der Waals surface area contributed by atoms with Gasteiger partial charge in [0, 0.05) is 5.92 Å². The molecule has 1 saturated carbocycles. The minimum Gasteiger partial charge on any atom is -0.397 e. The summed E-state index contributed by atoms with van der Waals surface area (Å²) in [6, 6.07) is 5.69. The van der Waals surface area contributed by atoms with Crippen molar-refractivity contribution in [2.75, 3.05) is 11.1 Å². The largest absolute Gasteiger partial charge is 0.397 e. The topological polar surface area (TPSA) is 55.1 Å². The summed E-state index contributed by atoms with van der Waals surface area (Å²) >= 11 is 0. The van der Waals surface area contributed by atoms with E-state index in [9.17, 15) is 4.79 Å². The van der Waals surface area contributed by atoms with Crippen LogP contribution in [0.2, 0.25) is 0 Å². The van der Waals surface area contributed by atoms with Crippen LogP contribution in [0.15, 0.2) is 18.2 Å². The van der Waals surface area contributed by atoms with Crippen molar-refractivity contribution in [3.63, 3.8) is 0 Å². The number of nitrogen functional groups attached to an aromatic ring is 1. The van der Waals surface area contributed by atoms with Crippen LogP contribution in [0.1, 0.15) is 25.3 Å². The predicted molar refractivity (Wildman–Crippen MR) is 66.1 cm³/mol. The first-order valence-electron chi connectivity index (χ1n) is 5.75. The van der Waals surface area contributed by atoms with Crippen molar-refractivity contribution in [3.8, 4) is 0 Å². The number of amides is 1. The van der Waals surface area contributed by atoms with Gasteiger partial charge in [0.25, 0.3) is 0 Å². The van der Waals surface area contributed by atoms with Crippen molar-refractivity contribution in [1.29, 1.82) is 0 Å². The SMILES string of the molecule is Cc1ccc(NC(=O)C(C)C2CC2)c(N)c1. The van der Waals surface area contributed by atoms with Crippen LogP contribution in [-0.2, 0) is 4.79 Å². The smallest absolute Gasteiger partial charge is 0.227 e. The van der Waals surface area contributed by atoms with E-state index < -0.39 is 0 Å². The molecule has 1 fully saturated rings. The van der Waals surface area contributed by atoms with Crippen LogP contribution >= 0.6 is 0 Å². The zero-order valence-electron chi connectivity index (χ0n) is 9.79. The number of anilines is 2. The quantitative estimate of drug-likeness (QED) is 0.766. The maximum Gasteiger partial charge on any atom is 0.227 e. The molecule has 0 saturated heterocycles. The molecule has 0 bridgehead atoms. The standard InChI is InChI=1S/C13H18N2O/c1-8-3-6-12(11(14)7-8)15-13(16)9(2)10-4-5-10/h3,6-7,9-10H,4-5,14H2,1-2H3,(H,15,16). The lowest BCUT2D eigenvalue weighted by molar-refractivity contribution is -0.119. The Morgan fingerprint density at radius 1 is 1.50 bits per heavy atom. The van der Waals surface area contributed by atoms with Gasteiger partial charge < -0.3 is 11.1 Å². The average Bonchev–Trinajstić information content (AvgIpc) is 3.04. The molecule has 1 aromatic carbocycles. The van der Waals surface area contributed by atoms with E-state index >= 15 is 0 Å². The summed E-state index contributed by atoms with van der Waals surface area (Å²) in [5, 5.41) is 2.89. The molecule has 0 spiro atoms. The number of nitrogens with two attached hydrogens (primary N) is 1. The average molecular weight is 218 g/mol. The number of hydrogen-bond donors (Lipinski definition) is 2. The van der Waals surface area contributed by atoms with Crippen molar-refractivity contribution < 1.29 is 4.79 Å². The van der Waals surface area contributed by atoms with Crippen molar-refractivity contribution >= 4 is 17.3 Å². The first kappa shape index (κ1) is 11.0. The van der Waals surface area contributed by atoms with Gasteiger partial charge in [-0.1, -0.05) is 13.0 Å². The summed E-state index contributed by atoms with van der Waals surface area (Å²) in [5.74, 6) is 0.755. The highest BCUT2D eigenvalue weighted by molar-refractivity contribution is 5.95. The second-order valence-corrected chi connectivity index (χ2v) is 4.71. The fourth-order valence-corrected chi connectivity index (χ4v) is 1.85. The molecule has 0 radical (unpaired) electrons. The Morgan fingerprint density at radius 3 is 2.75 bits per heavy atom. The number of aryl methyl sites for hydroxylation is 1. The van der Waals surface area contributed by atoms with Crippen LogP contribution in [0, 0.1) is 18.8 Å². The van der Waals surface area contributed by atoms with Crippen molar-refractivity contribution in [3.05, 3.63) is 23.8 Å². The Hall–Kier alpha value is -1.51. The van der Waals surface area contributed by atoms with Gasteiger partial charge in [0.15, 0.2) is 0 Å². The number of rotatable bonds is 3. The number of benzene rings is 1. The molecule has 1 amide bonds. The second-order valence-electron chi connectivity index (χ2n) is 4.71. The summed E-state index contributed by atoms with van der Waals surface area (Å²) < 4.78 is 0. The van der Waals surface area contributed by atoms with E-state index in [0.29, 0.717) is 11.6 Å². The Morgan fingerprint density at radius 2 is 2.19 bits per heavy atom. The molecule has 1 atom stereocenters. The first-order valence-corrected chi connectivity index (χ1v) is 5.75. The Labute approximate surface area is 96.0 Å². The molecule has 3 heteroatoms. The number of carbonyl (C=O) groups is 1. The molecule has 1 aliphatic rings. The minimum atomic E-state index is 0.0815. The Balaban J connectivity index is 2.05. The van der Waals surface area contributed by atoms with E-state index in [1.54, 1.807) is 0 Å². The number of hydrogen-bond acceptors (Lipinski definition) is 2. The molecule has 1 aromatic rings. The van der Waals surface area contributed by atoms with Gasteiger partial charge in [0.05, 0.1) is 11.4 Å². The molecule has 2 rings (SSSR count). The molecule has 3 nitrogen and oxygen atoms in total. The van der Waals surface area contributed by atoms with Gasteiger partial charge in [-0.25, -0.2) is 0 Å². The molecule has 0 heterocycles. The molecule has 0 aromatic heterocycles. The van der Waals surface area contributed by atoms with E-state index in [0.717, 1.165) is 11.3 Å². The number of nitrogens with one attached hydrogen (secondary N) is 1. The highest BCUT2D eigenvalue weighted by Gasteiger charge is 2.32. The first-order chi connectivity index (χ1) is 7.58. The monoisotopic (exact) mass is 218 g/mol. The maximum atomic E-state index is 11.9. The summed E-state index contributed by atoms with van der Waals surface area (Å²) in [6.45, 7) is 3.96. The van der Waals surface area contributed by atoms with Crippen LogP contribution in [0.3, 0.4) is 0 Å². The van der Waals surface area contributed by atoms with Gasteiger partial charge in [-0.05, 0) is 43.4 Å². The van der Waals surface area contributed by atoms with Gasteiger partial charge in [-0.3, -0.25) is 4.79 Å². The lowest BCUT2D eigenvalue weighted by Gasteiger charge is -2.13. The lowest BCUT2D eigenvalue weighted by Crippen LogP contribution is -2.22. The normalized spacial score (nSPS) is 16.9. The van der Waals surface area contributed by atoms with Gasteiger partial charge in [0.2, 0.25) is 5.91 Å². The molecular formula is C13H18N2O. The van der Waals surface area contributed by atoms with Crippen LogP contribution in [0.5, 0.6) is 0 Å². The van der Waals surface area contributed by atoms with Crippen molar-refractivity contribution in [1.82, 2.24) is 0 Å². The van der Waals surface area contributed by atoms with Crippen LogP contribution in [0.25, 0.3) is 0 Å². The van der Waals surface area contributed by atoms with Crippen molar-refractivity contribution in [2.24, 2.45) is 11.8 Å². The van der Waals surface area contributed by atoms with Gasteiger partial charge >= 0.3 is 0 Å². The zero-order valence-corrected chi connectivity index (χ0v) is 9.79. The van der Waals surface area contributed by atoms with Crippen LogP contribution < -0.4 is 11.1 Å². The highest BCUT2D eigenvalue weighted by atomic mass is 16.1.